The number of aliphatic imine (C=N–C) groups is 1. The number of hydrogen-bond donors (Lipinski definition) is 3. The van der Waals surface area contributed by atoms with Crippen molar-refractivity contribution in [3.63, 3.8) is 0 Å². The Kier molecular flexibility index (Phi) is 8.71. The number of anilines is 1. The van der Waals surface area contributed by atoms with Gasteiger partial charge in [-0.1, -0.05) is 30.3 Å². The summed E-state index contributed by atoms with van der Waals surface area (Å²) < 4.78 is 0. The molecule has 1 saturated heterocycles. The van der Waals surface area contributed by atoms with Crippen molar-refractivity contribution in [3.05, 3.63) is 60.2 Å². The molecule has 2 aromatic rings. The van der Waals surface area contributed by atoms with Gasteiger partial charge >= 0.3 is 0 Å². The molecule has 3 rings (SSSR count). The first-order valence-corrected chi connectivity index (χ1v) is 9.37. The molecule has 1 atom stereocenters. The van der Waals surface area contributed by atoms with Gasteiger partial charge in [0, 0.05) is 31.4 Å². The highest BCUT2D eigenvalue weighted by molar-refractivity contribution is 14.0. The maximum absolute atomic E-state index is 9.59. The smallest absolute Gasteiger partial charge is 0.191 e. The van der Waals surface area contributed by atoms with Crippen molar-refractivity contribution in [2.75, 3.05) is 24.5 Å². The van der Waals surface area contributed by atoms with Crippen LogP contribution in [0.25, 0.3) is 0 Å². The van der Waals surface area contributed by atoms with Gasteiger partial charge in [-0.05, 0) is 49.6 Å². The summed E-state index contributed by atoms with van der Waals surface area (Å²) in [5, 5.41) is 16.5. The molecule has 0 bridgehead atoms. The number of aromatic hydroxyl groups is 1. The Balaban J connectivity index is 0.00000261. The summed E-state index contributed by atoms with van der Waals surface area (Å²) in [6.07, 6.45) is 2.30. The molecule has 1 unspecified atom stereocenters. The first-order chi connectivity index (χ1) is 12.7. The Hall–Kier alpha value is -1.96. The minimum atomic E-state index is 0. The number of piperidine rings is 1. The molecule has 0 aromatic heterocycles. The highest BCUT2D eigenvalue weighted by atomic mass is 127. The number of hydrogen-bond acceptors (Lipinski definition) is 3. The number of rotatable bonds is 5. The van der Waals surface area contributed by atoms with Crippen LogP contribution >= 0.6 is 24.0 Å². The van der Waals surface area contributed by atoms with E-state index in [4.69, 9.17) is 0 Å². The van der Waals surface area contributed by atoms with Crippen molar-refractivity contribution in [2.45, 2.75) is 32.4 Å². The topological polar surface area (TPSA) is 59.9 Å². The van der Waals surface area contributed by atoms with Crippen molar-refractivity contribution >= 4 is 35.6 Å². The Bertz CT molecular complexity index is 723. The molecule has 6 heteroatoms. The van der Waals surface area contributed by atoms with E-state index in [0.717, 1.165) is 37.6 Å². The van der Waals surface area contributed by atoms with E-state index in [0.29, 0.717) is 12.6 Å². The molecule has 1 aliphatic rings. The lowest BCUT2D eigenvalue weighted by atomic mass is 10.1. The average Bonchev–Trinajstić information content (AvgIpc) is 2.67. The highest BCUT2D eigenvalue weighted by Gasteiger charge is 2.20. The number of phenolic OH excluding ortho intramolecular Hbond substituents is 1. The maximum Gasteiger partial charge on any atom is 0.191 e. The van der Waals surface area contributed by atoms with E-state index < -0.39 is 0 Å². The van der Waals surface area contributed by atoms with Crippen LogP contribution in [0.15, 0.2) is 59.6 Å². The summed E-state index contributed by atoms with van der Waals surface area (Å²) in [5.41, 5.74) is 2.28. The molecule has 0 spiro atoms. The van der Waals surface area contributed by atoms with Crippen molar-refractivity contribution in [3.8, 4) is 5.75 Å². The molecule has 1 fully saturated rings. The molecule has 5 nitrogen and oxygen atoms in total. The predicted octanol–water partition coefficient (Wildman–Crippen LogP) is 3.73. The molecule has 0 radical (unpaired) electrons. The minimum absolute atomic E-state index is 0. The van der Waals surface area contributed by atoms with Gasteiger partial charge in [-0.3, -0.25) is 0 Å². The first-order valence-electron chi connectivity index (χ1n) is 9.37. The lowest BCUT2D eigenvalue weighted by Gasteiger charge is -2.35. The van der Waals surface area contributed by atoms with Crippen molar-refractivity contribution in [1.29, 1.82) is 0 Å². The van der Waals surface area contributed by atoms with E-state index >= 15 is 0 Å². The molecule has 27 heavy (non-hydrogen) atoms. The van der Waals surface area contributed by atoms with Gasteiger partial charge < -0.3 is 20.6 Å². The van der Waals surface area contributed by atoms with Crippen molar-refractivity contribution in [1.82, 2.24) is 10.6 Å². The number of guanidine groups is 1. The SMILES string of the molecule is CCNC(=NCc1cccc(O)c1)NC1CCCN(c2ccccc2)C1.I. The number of nitrogens with one attached hydrogen (secondary N) is 2. The number of benzene rings is 2. The third-order valence-electron chi connectivity index (χ3n) is 4.56. The summed E-state index contributed by atoms with van der Waals surface area (Å²) in [6.45, 7) is 5.50. The fraction of sp³-hybridized carbons (Fsp3) is 0.381. The number of para-hydroxylation sites is 1. The lowest BCUT2D eigenvalue weighted by Crippen LogP contribution is -2.51. The van der Waals surface area contributed by atoms with Gasteiger partial charge in [0.05, 0.1) is 6.54 Å². The Morgan fingerprint density at radius 2 is 2.00 bits per heavy atom. The summed E-state index contributed by atoms with van der Waals surface area (Å²) in [5.74, 6) is 1.11. The number of halogens is 1. The molecule has 2 aromatic carbocycles. The Morgan fingerprint density at radius 1 is 1.19 bits per heavy atom. The standard InChI is InChI=1S/C21H28N4O.HI/c1-2-22-21(23-15-17-8-6-12-20(26)14-17)24-18-9-7-13-25(16-18)19-10-4-3-5-11-19;/h3-6,8,10-12,14,18,26H,2,7,9,13,15-16H2,1H3,(H2,22,23,24);1H. The summed E-state index contributed by atoms with van der Waals surface area (Å²) in [7, 11) is 0. The lowest BCUT2D eigenvalue weighted by molar-refractivity contribution is 0.468. The zero-order chi connectivity index (χ0) is 18.2. The molecular weight excluding hydrogens is 451 g/mol. The second-order valence-corrected chi connectivity index (χ2v) is 6.63. The van der Waals surface area contributed by atoms with Crippen LogP contribution < -0.4 is 15.5 Å². The first kappa shape index (κ1) is 21.3. The van der Waals surface area contributed by atoms with Gasteiger partial charge in [0.2, 0.25) is 0 Å². The average molecular weight is 480 g/mol. The van der Waals surface area contributed by atoms with Crippen LogP contribution in [0.1, 0.15) is 25.3 Å². The number of nitrogens with zero attached hydrogens (tertiary/aromatic N) is 2. The van der Waals surface area contributed by atoms with E-state index in [1.807, 2.05) is 12.1 Å². The number of phenols is 1. The molecule has 146 valence electrons. The van der Waals surface area contributed by atoms with Crippen LogP contribution in [-0.4, -0.2) is 36.7 Å². The zero-order valence-electron chi connectivity index (χ0n) is 15.8. The highest BCUT2D eigenvalue weighted by Crippen LogP contribution is 2.19. The maximum atomic E-state index is 9.59. The zero-order valence-corrected chi connectivity index (χ0v) is 18.1. The fourth-order valence-electron chi connectivity index (χ4n) is 3.31. The quantitative estimate of drug-likeness (QED) is 0.347. The normalized spacial score (nSPS) is 17.1. The van der Waals surface area contributed by atoms with E-state index in [1.165, 1.54) is 12.1 Å². The van der Waals surface area contributed by atoms with Crippen molar-refractivity contribution < 1.29 is 5.11 Å². The van der Waals surface area contributed by atoms with Crippen molar-refractivity contribution in [2.24, 2.45) is 4.99 Å². The summed E-state index contributed by atoms with van der Waals surface area (Å²) in [4.78, 5) is 7.11. The largest absolute Gasteiger partial charge is 0.508 e. The van der Waals surface area contributed by atoms with Gasteiger partial charge in [0.1, 0.15) is 5.75 Å². The van der Waals surface area contributed by atoms with Crippen LogP contribution in [0.4, 0.5) is 5.69 Å². The molecule has 0 saturated carbocycles. The second-order valence-electron chi connectivity index (χ2n) is 6.63. The summed E-state index contributed by atoms with van der Waals surface area (Å²) in [6, 6.07) is 18.2. The van der Waals surface area contributed by atoms with E-state index in [2.05, 4.69) is 57.8 Å². The Labute approximate surface area is 178 Å². The minimum Gasteiger partial charge on any atom is -0.508 e. The van der Waals surface area contributed by atoms with Crippen LogP contribution in [0.2, 0.25) is 0 Å². The van der Waals surface area contributed by atoms with E-state index in [-0.39, 0.29) is 29.7 Å². The van der Waals surface area contributed by atoms with Gasteiger partial charge in [-0.25, -0.2) is 4.99 Å². The Morgan fingerprint density at radius 3 is 2.74 bits per heavy atom. The van der Waals surface area contributed by atoms with Gasteiger partial charge in [0.25, 0.3) is 0 Å². The van der Waals surface area contributed by atoms with Gasteiger partial charge in [0.15, 0.2) is 5.96 Å². The molecule has 1 aliphatic heterocycles. The van der Waals surface area contributed by atoms with Crippen LogP contribution in [-0.2, 0) is 6.54 Å². The molecular formula is C21H29IN4O. The second kappa shape index (κ2) is 11.0. The predicted molar refractivity (Wildman–Crippen MR) is 123 cm³/mol. The van der Waals surface area contributed by atoms with Gasteiger partial charge in [-0.2, -0.15) is 0 Å². The fourth-order valence-corrected chi connectivity index (χ4v) is 3.31. The summed E-state index contributed by atoms with van der Waals surface area (Å²) >= 11 is 0. The molecule has 1 heterocycles. The third kappa shape index (κ3) is 6.61. The molecule has 3 N–H and O–H groups in total. The molecule has 0 amide bonds. The van der Waals surface area contributed by atoms with Gasteiger partial charge in [-0.15, -0.1) is 24.0 Å². The van der Waals surface area contributed by atoms with E-state index in [1.54, 1.807) is 12.1 Å². The van der Waals surface area contributed by atoms with E-state index in [9.17, 15) is 5.11 Å². The third-order valence-corrected chi connectivity index (χ3v) is 4.56. The molecule has 0 aliphatic carbocycles. The van der Waals surface area contributed by atoms with Crippen LogP contribution in [0, 0.1) is 0 Å². The van der Waals surface area contributed by atoms with Crippen LogP contribution in [0.3, 0.4) is 0 Å². The monoisotopic (exact) mass is 480 g/mol. The van der Waals surface area contributed by atoms with Crippen LogP contribution in [0.5, 0.6) is 5.75 Å².